The highest BCUT2D eigenvalue weighted by atomic mass is 16.6. The maximum atomic E-state index is 8.44. The van der Waals surface area contributed by atoms with Crippen molar-refractivity contribution in [3.63, 3.8) is 0 Å². The Morgan fingerprint density at radius 1 is 1.78 bits per heavy atom. The molecule has 0 heterocycles. The molecule has 0 aliphatic heterocycles. The summed E-state index contributed by atoms with van der Waals surface area (Å²) in [5.74, 6) is 0.345. The minimum atomic E-state index is 0.345. The van der Waals surface area contributed by atoms with E-state index < -0.39 is 0 Å². The van der Waals surface area contributed by atoms with Crippen LogP contribution in [0.5, 0.6) is 0 Å². The lowest BCUT2D eigenvalue weighted by molar-refractivity contribution is 0.126. The molecule has 0 aromatic carbocycles. The van der Waals surface area contributed by atoms with Crippen LogP contribution < -0.4 is 5.48 Å². The van der Waals surface area contributed by atoms with Crippen LogP contribution in [0.2, 0.25) is 0 Å². The van der Waals surface area contributed by atoms with Crippen molar-refractivity contribution in [1.82, 2.24) is 5.48 Å². The Balaban J connectivity index is 3.85. The predicted molar refractivity (Wildman–Crippen MR) is 35.7 cm³/mol. The minimum Gasteiger partial charge on any atom is -0.512 e. The second kappa shape index (κ2) is 3.97. The average molecular weight is 129 g/mol. The van der Waals surface area contributed by atoms with Crippen LogP contribution in [0.1, 0.15) is 6.92 Å². The van der Waals surface area contributed by atoms with Crippen LogP contribution >= 0.6 is 0 Å². The highest BCUT2D eigenvalue weighted by Crippen LogP contribution is 2.03. The standard InChI is InChI=1S/C6H11NO2/c1-5(2)6(4-8)9-7-3/h4,7-8H,1H2,2-3H3/b6-4-. The quantitative estimate of drug-likeness (QED) is 0.341. The molecule has 0 spiro atoms. The second-order valence-corrected chi connectivity index (χ2v) is 1.58. The van der Waals surface area contributed by atoms with E-state index in [2.05, 4.69) is 12.1 Å². The van der Waals surface area contributed by atoms with Gasteiger partial charge in [0.2, 0.25) is 0 Å². The van der Waals surface area contributed by atoms with Gasteiger partial charge in [0.25, 0.3) is 0 Å². The molecule has 0 aromatic heterocycles. The Labute approximate surface area is 54.6 Å². The molecule has 0 saturated carbocycles. The lowest BCUT2D eigenvalue weighted by Crippen LogP contribution is -2.07. The van der Waals surface area contributed by atoms with Gasteiger partial charge < -0.3 is 9.94 Å². The lowest BCUT2D eigenvalue weighted by Gasteiger charge is -2.03. The number of nitrogens with one attached hydrogen (secondary N) is 1. The van der Waals surface area contributed by atoms with Crippen molar-refractivity contribution < 1.29 is 9.94 Å². The summed E-state index contributed by atoms with van der Waals surface area (Å²) < 4.78 is 0. The normalized spacial score (nSPS) is 11.1. The summed E-state index contributed by atoms with van der Waals surface area (Å²) >= 11 is 0. The zero-order valence-electron chi connectivity index (χ0n) is 5.64. The number of allylic oxidation sites excluding steroid dienone is 1. The fourth-order valence-electron chi connectivity index (χ4n) is 0.334. The molecular weight excluding hydrogens is 118 g/mol. The molecule has 2 N–H and O–H groups in total. The van der Waals surface area contributed by atoms with Gasteiger partial charge in [0.1, 0.15) is 6.26 Å². The summed E-state index contributed by atoms with van der Waals surface area (Å²) in [6.07, 6.45) is 0.860. The molecule has 52 valence electrons. The summed E-state index contributed by atoms with van der Waals surface area (Å²) in [7, 11) is 1.60. The third-order valence-corrected chi connectivity index (χ3v) is 0.750. The Morgan fingerprint density at radius 2 is 2.33 bits per heavy atom. The molecule has 0 bridgehead atoms. The summed E-state index contributed by atoms with van der Waals surface area (Å²) in [5, 5.41) is 8.44. The summed E-state index contributed by atoms with van der Waals surface area (Å²) in [4.78, 5) is 4.71. The van der Waals surface area contributed by atoms with Crippen molar-refractivity contribution in [1.29, 1.82) is 0 Å². The molecule has 0 unspecified atom stereocenters. The van der Waals surface area contributed by atoms with Gasteiger partial charge in [-0.3, -0.25) is 0 Å². The van der Waals surface area contributed by atoms with Gasteiger partial charge in [0.15, 0.2) is 5.76 Å². The van der Waals surface area contributed by atoms with Crippen LogP contribution in [0, 0.1) is 0 Å². The van der Waals surface area contributed by atoms with E-state index in [0.717, 1.165) is 6.26 Å². The third-order valence-electron chi connectivity index (χ3n) is 0.750. The molecule has 0 rings (SSSR count). The van der Waals surface area contributed by atoms with Crippen LogP contribution in [0.25, 0.3) is 0 Å². The number of aliphatic hydroxyl groups excluding tert-OH is 1. The van der Waals surface area contributed by atoms with Crippen molar-refractivity contribution in [3.8, 4) is 0 Å². The Kier molecular flexibility index (Phi) is 3.55. The van der Waals surface area contributed by atoms with Gasteiger partial charge in [-0.2, -0.15) is 5.48 Å². The first kappa shape index (κ1) is 8.04. The molecular formula is C6H11NO2. The van der Waals surface area contributed by atoms with Crippen LogP contribution in [0.3, 0.4) is 0 Å². The van der Waals surface area contributed by atoms with E-state index >= 15 is 0 Å². The van der Waals surface area contributed by atoms with Crippen molar-refractivity contribution in [2.75, 3.05) is 7.05 Å². The fraction of sp³-hybridized carbons (Fsp3) is 0.333. The van der Waals surface area contributed by atoms with Crippen LogP contribution in [0.15, 0.2) is 24.2 Å². The maximum Gasteiger partial charge on any atom is 0.183 e. The van der Waals surface area contributed by atoms with Gasteiger partial charge in [-0.05, 0) is 12.5 Å². The maximum absolute atomic E-state index is 8.44. The van der Waals surface area contributed by atoms with E-state index in [4.69, 9.17) is 9.94 Å². The smallest absolute Gasteiger partial charge is 0.183 e. The van der Waals surface area contributed by atoms with E-state index in [0.29, 0.717) is 11.3 Å². The molecule has 0 atom stereocenters. The van der Waals surface area contributed by atoms with Gasteiger partial charge in [0.05, 0.1) is 0 Å². The van der Waals surface area contributed by atoms with Gasteiger partial charge in [-0.1, -0.05) is 6.58 Å². The van der Waals surface area contributed by atoms with Crippen molar-refractivity contribution in [2.45, 2.75) is 6.92 Å². The molecule has 0 radical (unpaired) electrons. The SMILES string of the molecule is C=C(C)/C(=C/O)ONC. The first-order valence-corrected chi connectivity index (χ1v) is 2.56. The lowest BCUT2D eigenvalue weighted by atomic mass is 10.3. The number of rotatable bonds is 3. The Hall–Kier alpha value is -0.960. The second-order valence-electron chi connectivity index (χ2n) is 1.58. The van der Waals surface area contributed by atoms with Gasteiger partial charge in [0, 0.05) is 7.05 Å². The molecule has 0 aliphatic carbocycles. The molecule has 0 aromatic rings. The number of aliphatic hydroxyl groups is 1. The molecule has 9 heavy (non-hydrogen) atoms. The largest absolute Gasteiger partial charge is 0.512 e. The third kappa shape index (κ3) is 2.77. The van der Waals surface area contributed by atoms with E-state index in [1.165, 1.54) is 0 Å². The highest BCUT2D eigenvalue weighted by Gasteiger charge is 1.95. The molecule has 0 amide bonds. The number of hydrogen-bond donors (Lipinski definition) is 2. The topological polar surface area (TPSA) is 41.5 Å². The first-order valence-electron chi connectivity index (χ1n) is 2.56. The Bertz CT molecular complexity index is 129. The molecule has 3 heteroatoms. The fourth-order valence-corrected chi connectivity index (χ4v) is 0.334. The zero-order chi connectivity index (χ0) is 7.28. The van der Waals surface area contributed by atoms with Crippen molar-refractivity contribution >= 4 is 0 Å². The Morgan fingerprint density at radius 3 is 2.44 bits per heavy atom. The molecule has 0 aliphatic rings. The van der Waals surface area contributed by atoms with Gasteiger partial charge in [-0.25, -0.2) is 0 Å². The molecule has 0 saturated heterocycles. The zero-order valence-corrected chi connectivity index (χ0v) is 5.64. The van der Waals surface area contributed by atoms with Gasteiger partial charge in [-0.15, -0.1) is 0 Å². The summed E-state index contributed by atoms with van der Waals surface area (Å²) in [5.41, 5.74) is 3.08. The van der Waals surface area contributed by atoms with Crippen LogP contribution in [0.4, 0.5) is 0 Å². The van der Waals surface area contributed by atoms with E-state index in [9.17, 15) is 0 Å². The summed E-state index contributed by atoms with van der Waals surface area (Å²) in [6.45, 7) is 5.29. The van der Waals surface area contributed by atoms with E-state index in [1.807, 2.05) is 0 Å². The van der Waals surface area contributed by atoms with Gasteiger partial charge >= 0.3 is 0 Å². The number of hydroxylamine groups is 1. The average Bonchev–Trinajstić information content (AvgIpc) is 1.82. The molecule has 3 nitrogen and oxygen atoms in total. The predicted octanol–water partition coefficient (Wildman–Crippen LogP) is 1.11. The monoisotopic (exact) mass is 129 g/mol. The number of hydrogen-bond acceptors (Lipinski definition) is 3. The molecule has 0 fully saturated rings. The first-order chi connectivity index (χ1) is 4.22. The van der Waals surface area contributed by atoms with E-state index in [-0.39, 0.29) is 0 Å². The van der Waals surface area contributed by atoms with Crippen LogP contribution in [-0.2, 0) is 4.84 Å². The van der Waals surface area contributed by atoms with Crippen molar-refractivity contribution in [3.05, 3.63) is 24.2 Å². The minimum absolute atomic E-state index is 0.345. The van der Waals surface area contributed by atoms with Crippen LogP contribution in [-0.4, -0.2) is 12.2 Å². The van der Waals surface area contributed by atoms with Crippen molar-refractivity contribution in [2.24, 2.45) is 0 Å². The summed E-state index contributed by atoms with van der Waals surface area (Å²) in [6, 6.07) is 0. The highest BCUT2D eigenvalue weighted by molar-refractivity contribution is 5.17. The van der Waals surface area contributed by atoms with E-state index in [1.54, 1.807) is 14.0 Å².